The Morgan fingerprint density at radius 1 is 1.15 bits per heavy atom. The van der Waals surface area contributed by atoms with E-state index < -0.39 is 0 Å². The molecule has 0 N–H and O–H groups in total. The highest BCUT2D eigenvalue weighted by atomic mass is 19.1. The highest BCUT2D eigenvalue weighted by Crippen LogP contribution is 2.46. The number of carbonyl (C=O) groups excluding carboxylic acids is 1. The Balaban J connectivity index is 1.65. The van der Waals surface area contributed by atoms with Gasteiger partial charge >= 0.3 is 6.03 Å². The van der Waals surface area contributed by atoms with Crippen LogP contribution in [0.2, 0.25) is 0 Å². The third kappa shape index (κ3) is 2.89. The maximum atomic E-state index is 13.9. The number of likely N-dealkylation sites (tertiary alicyclic amines) is 1. The average Bonchev–Trinajstić information content (AvgIpc) is 3.19. The first-order valence-electron chi connectivity index (χ1n) is 8.94. The lowest BCUT2D eigenvalue weighted by Gasteiger charge is -2.32. The van der Waals surface area contributed by atoms with E-state index in [1.807, 2.05) is 29.2 Å². The number of halogens is 1. The van der Waals surface area contributed by atoms with Crippen molar-refractivity contribution in [1.82, 2.24) is 14.8 Å². The summed E-state index contributed by atoms with van der Waals surface area (Å²) in [6.07, 6.45) is 1.80. The highest BCUT2D eigenvalue weighted by molar-refractivity contribution is 5.75. The Morgan fingerprint density at radius 3 is 2.69 bits per heavy atom. The van der Waals surface area contributed by atoms with Crippen molar-refractivity contribution in [3.63, 3.8) is 0 Å². The predicted octanol–water partition coefficient (Wildman–Crippen LogP) is 3.01. The molecule has 2 aromatic rings. The van der Waals surface area contributed by atoms with E-state index in [0.29, 0.717) is 12.5 Å². The van der Waals surface area contributed by atoms with Gasteiger partial charge in [-0.2, -0.15) is 0 Å². The first kappa shape index (κ1) is 16.8. The minimum atomic E-state index is -0.261. The molecule has 0 aliphatic carbocycles. The smallest absolute Gasteiger partial charge is 0.320 e. The minimum Gasteiger partial charge on any atom is -0.356 e. The van der Waals surface area contributed by atoms with E-state index in [-0.39, 0.29) is 23.8 Å². The molecule has 2 amide bonds. The fourth-order valence-corrected chi connectivity index (χ4v) is 4.34. The molecular formula is C20H23FN4O. The normalized spacial score (nSPS) is 24.7. The third-order valence-electron chi connectivity index (χ3n) is 5.46. The van der Waals surface area contributed by atoms with Crippen molar-refractivity contribution in [2.75, 3.05) is 38.6 Å². The molecule has 2 aliphatic rings. The Hall–Kier alpha value is -2.63. The summed E-state index contributed by atoms with van der Waals surface area (Å²) in [4.78, 5) is 23.0. The zero-order valence-electron chi connectivity index (χ0n) is 15.0. The van der Waals surface area contributed by atoms with Gasteiger partial charge in [0, 0.05) is 51.8 Å². The van der Waals surface area contributed by atoms with Crippen molar-refractivity contribution >= 4 is 11.8 Å². The van der Waals surface area contributed by atoms with Gasteiger partial charge in [0.05, 0.1) is 6.04 Å². The van der Waals surface area contributed by atoms with Crippen molar-refractivity contribution in [2.45, 2.75) is 6.04 Å². The van der Waals surface area contributed by atoms with Crippen LogP contribution in [0.4, 0.5) is 15.0 Å². The molecular weight excluding hydrogens is 331 g/mol. The Bertz CT molecular complexity index is 797. The van der Waals surface area contributed by atoms with E-state index in [9.17, 15) is 9.18 Å². The lowest BCUT2D eigenvalue weighted by Crippen LogP contribution is -2.41. The van der Waals surface area contributed by atoms with Gasteiger partial charge in [-0.25, -0.2) is 14.2 Å². The SMILES string of the molecule is CN(C)C(=O)N1C[C@H]2CN(c3ccccn3)C[C@H]2[C@@H]1c1cccc(F)c1. The Labute approximate surface area is 153 Å². The van der Waals surface area contributed by atoms with Crippen LogP contribution in [0.15, 0.2) is 48.7 Å². The fourth-order valence-electron chi connectivity index (χ4n) is 4.34. The van der Waals surface area contributed by atoms with Crippen LogP contribution in [0.25, 0.3) is 0 Å². The second kappa shape index (κ2) is 6.59. The van der Waals surface area contributed by atoms with E-state index >= 15 is 0 Å². The largest absolute Gasteiger partial charge is 0.356 e. The van der Waals surface area contributed by atoms with Crippen LogP contribution in [0, 0.1) is 17.7 Å². The number of rotatable bonds is 2. The predicted molar refractivity (Wildman–Crippen MR) is 98.4 cm³/mol. The molecule has 136 valence electrons. The van der Waals surface area contributed by atoms with E-state index in [1.165, 1.54) is 6.07 Å². The average molecular weight is 354 g/mol. The molecule has 2 aliphatic heterocycles. The molecule has 3 heterocycles. The lowest BCUT2D eigenvalue weighted by atomic mass is 9.89. The topological polar surface area (TPSA) is 39.7 Å². The summed E-state index contributed by atoms with van der Waals surface area (Å²) in [6, 6.07) is 12.4. The van der Waals surface area contributed by atoms with Crippen LogP contribution in [-0.2, 0) is 0 Å². The quantitative estimate of drug-likeness (QED) is 0.832. The number of pyridine rings is 1. The van der Waals surface area contributed by atoms with Gasteiger partial charge in [0.2, 0.25) is 0 Å². The van der Waals surface area contributed by atoms with Gasteiger partial charge in [0.25, 0.3) is 0 Å². The number of nitrogens with zero attached hydrogens (tertiary/aromatic N) is 4. The zero-order valence-corrected chi connectivity index (χ0v) is 15.0. The molecule has 0 unspecified atom stereocenters. The van der Waals surface area contributed by atoms with Crippen molar-refractivity contribution in [1.29, 1.82) is 0 Å². The molecule has 2 saturated heterocycles. The first-order valence-corrected chi connectivity index (χ1v) is 8.94. The van der Waals surface area contributed by atoms with Crippen LogP contribution < -0.4 is 4.90 Å². The van der Waals surface area contributed by atoms with Crippen LogP contribution in [0.5, 0.6) is 0 Å². The van der Waals surface area contributed by atoms with Crippen molar-refractivity contribution < 1.29 is 9.18 Å². The number of aromatic nitrogens is 1. The standard InChI is InChI=1S/C20H23FN4O/c1-23(2)20(26)25-12-15-11-24(18-8-3-4-9-22-18)13-17(15)19(25)14-6-5-7-16(21)10-14/h3-10,15,17,19H,11-13H2,1-2H3/t15-,17-,19+/m1/s1. The molecule has 26 heavy (non-hydrogen) atoms. The number of amides is 2. The fraction of sp³-hybridized carbons (Fsp3) is 0.400. The first-order chi connectivity index (χ1) is 12.5. The van der Waals surface area contributed by atoms with E-state index in [4.69, 9.17) is 0 Å². The summed E-state index contributed by atoms with van der Waals surface area (Å²) in [5.74, 6) is 1.32. The number of hydrogen-bond donors (Lipinski definition) is 0. The van der Waals surface area contributed by atoms with Gasteiger partial charge in [0.1, 0.15) is 11.6 Å². The maximum absolute atomic E-state index is 13.9. The molecule has 2 fully saturated rings. The number of urea groups is 1. The van der Waals surface area contributed by atoms with E-state index in [0.717, 1.165) is 24.5 Å². The number of hydrogen-bond acceptors (Lipinski definition) is 3. The van der Waals surface area contributed by atoms with Crippen LogP contribution >= 0.6 is 0 Å². The second-order valence-corrected chi connectivity index (χ2v) is 7.35. The number of benzene rings is 1. The summed E-state index contributed by atoms with van der Waals surface area (Å²) in [5.41, 5.74) is 0.871. The Morgan fingerprint density at radius 2 is 2.00 bits per heavy atom. The van der Waals surface area contributed by atoms with Crippen LogP contribution in [0.1, 0.15) is 11.6 Å². The molecule has 0 bridgehead atoms. The van der Waals surface area contributed by atoms with Gasteiger partial charge in [-0.15, -0.1) is 0 Å². The maximum Gasteiger partial charge on any atom is 0.320 e. The van der Waals surface area contributed by atoms with E-state index in [2.05, 4.69) is 9.88 Å². The zero-order chi connectivity index (χ0) is 18.3. The molecule has 6 heteroatoms. The summed E-state index contributed by atoms with van der Waals surface area (Å²) < 4.78 is 13.9. The molecule has 4 rings (SSSR count). The second-order valence-electron chi connectivity index (χ2n) is 7.35. The van der Waals surface area contributed by atoms with E-state index in [1.54, 1.807) is 37.3 Å². The number of fused-ring (bicyclic) bond motifs is 1. The molecule has 3 atom stereocenters. The number of anilines is 1. The summed E-state index contributed by atoms with van der Waals surface area (Å²) in [6.45, 7) is 2.37. The molecule has 1 aromatic heterocycles. The molecule has 5 nitrogen and oxygen atoms in total. The monoisotopic (exact) mass is 354 g/mol. The van der Waals surface area contributed by atoms with Gasteiger partial charge in [-0.1, -0.05) is 18.2 Å². The van der Waals surface area contributed by atoms with Gasteiger partial charge in [-0.05, 0) is 29.8 Å². The molecule has 0 spiro atoms. The minimum absolute atomic E-state index is 0.0157. The lowest BCUT2D eigenvalue weighted by molar-refractivity contribution is 0.159. The Kier molecular flexibility index (Phi) is 4.26. The van der Waals surface area contributed by atoms with Crippen LogP contribution in [0.3, 0.4) is 0 Å². The third-order valence-corrected chi connectivity index (χ3v) is 5.46. The molecule has 0 radical (unpaired) electrons. The number of carbonyl (C=O) groups is 1. The van der Waals surface area contributed by atoms with Gasteiger partial charge < -0.3 is 14.7 Å². The van der Waals surface area contributed by atoms with Crippen molar-refractivity contribution in [3.8, 4) is 0 Å². The molecule has 1 aromatic carbocycles. The van der Waals surface area contributed by atoms with Gasteiger partial charge in [0.15, 0.2) is 0 Å². The van der Waals surface area contributed by atoms with Crippen molar-refractivity contribution in [2.24, 2.45) is 11.8 Å². The van der Waals surface area contributed by atoms with Crippen molar-refractivity contribution in [3.05, 3.63) is 60.0 Å². The molecule has 0 saturated carbocycles. The summed E-state index contributed by atoms with van der Waals surface area (Å²) in [5, 5.41) is 0. The summed E-state index contributed by atoms with van der Waals surface area (Å²) in [7, 11) is 3.53. The summed E-state index contributed by atoms with van der Waals surface area (Å²) >= 11 is 0. The van der Waals surface area contributed by atoms with Gasteiger partial charge in [-0.3, -0.25) is 0 Å². The highest BCUT2D eigenvalue weighted by Gasteiger charge is 2.49. The van der Waals surface area contributed by atoms with Crippen LogP contribution in [-0.4, -0.2) is 54.5 Å².